The fourth-order valence-electron chi connectivity index (χ4n) is 2.54. The lowest BCUT2D eigenvalue weighted by molar-refractivity contribution is -0.159. The molecular weight excluding hydrogens is 244 g/mol. The van der Waals surface area contributed by atoms with Gasteiger partial charge in [-0.05, 0) is 24.2 Å². The number of allylic oxidation sites excluding steroid dienone is 1. The van der Waals surface area contributed by atoms with Gasteiger partial charge in [-0.25, -0.2) is 0 Å². The molecule has 0 aromatic carbocycles. The zero-order valence-corrected chi connectivity index (χ0v) is 11.8. The molecule has 4 heteroatoms. The van der Waals surface area contributed by atoms with Gasteiger partial charge in [0.15, 0.2) is 0 Å². The summed E-state index contributed by atoms with van der Waals surface area (Å²) in [6.45, 7) is 6.23. The SMILES string of the molecule is CC(C)(C)COC(=O)CC(=O)OC1CC2C=CC1C2. The van der Waals surface area contributed by atoms with Crippen LogP contribution >= 0.6 is 0 Å². The molecule has 1 fully saturated rings. The molecule has 0 saturated heterocycles. The zero-order chi connectivity index (χ0) is 14.0. The van der Waals surface area contributed by atoms with Gasteiger partial charge in [0.1, 0.15) is 12.5 Å². The van der Waals surface area contributed by atoms with Crippen LogP contribution in [0.5, 0.6) is 0 Å². The predicted molar refractivity (Wildman–Crippen MR) is 70.3 cm³/mol. The van der Waals surface area contributed by atoms with Crippen molar-refractivity contribution in [2.75, 3.05) is 6.61 Å². The topological polar surface area (TPSA) is 52.6 Å². The number of carbonyl (C=O) groups excluding carboxylic acids is 2. The van der Waals surface area contributed by atoms with Gasteiger partial charge >= 0.3 is 11.9 Å². The van der Waals surface area contributed by atoms with Gasteiger partial charge in [0, 0.05) is 5.92 Å². The van der Waals surface area contributed by atoms with E-state index in [4.69, 9.17) is 9.47 Å². The Balaban J connectivity index is 1.70. The molecule has 1 saturated carbocycles. The van der Waals surface area contributed by atoms with Crippen molar-refractivity contribution in [1.29, 1.82) is 0 Å². The van der Waals surface area contributed by atoms with Crippen LogP contribution in [0.4, 0.5) is 0 Å². The predicted octanol–water partition coefficient (Wildman–Crippen LogP) is 2.47. The van der Waals surface area contributed by atoms with Crippen molar-refractivity contribution < 1.29 is 19.1 Å². The number of esters is 2. The van der Waals surface area contributed by atoms with Crippen LogP contribution in [0.25, 0.3) is 0 Å². The molecule has 19 heavy (non-hydrogen) atoms. The maximum atomic E-state index is 11.7. The summed E-state index contributed by atoms with van der Waals surface area (Å²) >= 11 is 0. The summed E-state index contributed by atoms with van der Waals surface area (Å²) in [5.41, 5.74) is -0.0883. The quantitative estimate of drug-likeness (QED) is 0.445. The third-order valence-electron chi connectivity index (χ3n) is 3.46. The molecule has 106 valence electrons. The van der Waals surface area contributed by atoms with Crippen molar-refractivity contribution >= 4 is 11.9 Å². The number of ether oxygens (including phenoxy) is 2. The van der Waals surface area contributed by atoms with E-state index in [0.717, 1.165) is 12.8 Å². The summed E-state index contributed by atoms with van der Waals surface area (Å²) in [5, 5.41) is 0. The van der Waals surface area contributed by atoms with Crippen molar-refractivity contribution in [3.63, 3.8) is 0 Å². The summed E-state index contributed by atoms with van der Waals surface area (Å²) < 4.78 is 10.4. The Hall–Kier alpha value is -1.32. The van der Waals surface area contributed by atoms with Crippen LogP contribution in [0.1, 0.15) is 40.0 Å². The lowest BCUT2D eigenvalue weighted by Crippen LogP contribution is -2.25. The monoisotopic (exact) mass is 266 g/mol. The number of hydrogen-bond acceptors (Lipinski definition) is 4. The summed E-state index contributed by atoms with van der Waals surface area (Å²) in [7, 11) is 0. The van der Waals surface area contributed by atoms with E-state index >= 15 is 0 Å². The van der Waals surface area contributed by atoms with Crippen LogP contribution in [0, 0.1) is 17.3 Å². The summed E-state index contributed by atoms with van der Waals surface area (Å²) in [4.78, 5) is 23.2. The van der Waals surface area contributed by atoms with Gasteiger partial charge in [0.2, 0.25) is 0 Å². The molecule has 0 radical (unpaired) electrons. The van der Waals surface area contributed by atoms with Gasteiger partial charge in [0.05, 0.1) is 6.61 Å². The van der Waals surface area contributed by atoms with E-state index in [1.165, 1.54) is 0 Å². The van der Waals surface area contributed by atoms with E-state index in [2.05, 4.69) is 12.2 Å². The Morgan fingerprint density at radius 1 is 1.16 bits per heavy atom. The first kappa shape index (κ1) is 14.1. The molecule has 2 aliphatic rings. The van der Waals surface area contributed by atoms with Crippen molar-refractivity contribution in [3.8, 4) is 0 Å². The molecule has 3 atom stereocenters. The van der Waals surface area contributed by atoms with Crippen LogP contribution in [0.2, 0.25) is 0 Å². The highest BCUT2D eigenvalue weighted by atomic mass is 16.6. The molecule has 0 amide bonds. The first-order chi connectivity index (χ1) is 8.83. The molecule has 0 heterocycles. The van der Waals surface area contributed by atoms with Gasteiger partial charge in [-0.1, -0.05) is 32.9 Å². The van der Waals surface area contributed by atoms with Crippen LogP contribution in [0.3, 0.4) is 0 Å². The molecule has 3 unspecified atom stereocenters. The van der Waals surface area contributed by atoms with Crippen LogP contribution < -0.4 is 0 Å². The summed E-state index contributed by atoms with van der Waals surface area (Å²) in [6, 6.07) is 0. The normalized spacial score (nSPS) is 28.5. The van der Waals surface area contributed by atoms with Gasteiger partial charge in [-0.15, -0.1) is 0 Å². The number of hydrogen-bond donors (Lipinski definition) is 0. The van der Waals surface area contributed by atoms with E-state index in [9.17, 15) is 9.59 Å². The maximum absolute atomic E-state index is 11.7. The third kappa shape index (κ3) is 4.08. The Kier molecular flexibility index (Phi) is 3.97. The Morgan fingerprint density at radius 3 is 2.42 bits per heavy atom. The second-order valence-electron chi connectivity index (χ2n) is 6.71. The van der Waals surface area contributed by atoms with Gasteiger partial charge < -0.3 is 9.47 Å². The largest absolute Gasteiger partial charge is 0.465 e. The van der Waals surface area contributed by atoms with Gasteiger partial charge in [-0.2, -0.15) is 0 Å². The van der Waals surface area contributed by atoms with Crippen LogP contribution in [-0.4, -0.2) is 24.6 Å². The van der Waals surface area contributed by atoms with E-state index in [0.29, 0.717) is 18.4 Å². The van der Waals surface area contributed by atoms with Crippen molar-refractivity contribution in [3.05, 3.63) is 12.2 Å². The molecule has 0 N–H and O–H groups in total. The van der Waals surface area contributed by atoms with Gasteiger partial charge in [-0.3, -0.25) is 9.59 Å². The molecule has 0 aliphatic heterocycles. The first-order valence-corrected chi connectivity index (χ1v) is 6.87. The molecule has 2 aliphatic carbocycles. The minimum atomic E-state index is -0.501. The average molecular weight is 266 g/mol. The first-order valence-electron chi connectivity index (χ1n) is 6.87. The Bertz CT molecular complexity index is 391. The standard InChI is InChI=1S/C15H22O4/c1-15(2,3)9-18-13(16)8-14(17)19-12-7-10-4-5-11(12)6-10/h4-5,10-12H,6-9H2,1-3H3. The second-order valence-corrected chi connectivity index (χ2v) is 6.71. The smallest absolute Gasteiger partial charge is 0.317 e. The van der Waals surface area contributed by atoms with Gasteiger partial charge in [0.25, 0.3) is 0 Å². The minimum absolute atomic E-state index is 0.0436. The molecule has 2 bridgehead atoms. The number of fused-ring (bicyclic) bond motifs is 2. The number of carbonyl (C=O) groups is 2. The van der Waals surface area contributed by atoms with Crippen LogP contribution in [-0.2, 0) is 19.1 Å². The fraction of sp³-hybridized carbons (Fsp3) is 0.733. The van der Waals surface area contributed by atoms with E-state index < -0.39 is 11.9 Å². The van der Waals surface area contributed by atoms with Crippen molar-refractivity contribution in [2.24, 2.45) is 17.3 Å². The molecule has 0 aromatic heterocycles. The summed E-state index contributed by atoms with van der Waals surface area (Å²) in [5.74, 6) is -0.0707. The lowest BCUT2D eigenvalue weighted by Gasteiger charge is -2.19. The minimum Gasteiger partial charge on any atom is -0.465 e. The van der Waals surface area contributed by atoms with E-state index in [-0.39, 0.29) is 17.9 Å². The fourth-order valence-corrected chi connectivity index (χ4v) is 2.54. The molecule has 0 spiro atoms. The van der Waals surface area contributed by atoms with E-state index in [1.54, 1.807) is 0 Å². The number of rotatable bonds is 4. The average Bonchev–Trinajstić information content (AvgIpc) is 2.87. The highest BCUT2D eigenvalue weighted by Gasteiger charge is 2.38. The summed E-state index contributed by atoms with van der Waals surface area (Å²) in [6.07, 6.45) is 5.94. The second kappa shape index (κ2) is 5.35. The third-order valence-corrected chi connectivity index (χ3v) is 3.46. The Morgan fingerprint density at radius 2 is 1.89 bits per heavy atom. The van der Waals surface area contributed by atoms with E-state index in [1.807, 2.05) is 20.8 Å². The lowest BCUT2D eigenvalue weighted by atomic mass is 9.99. The van der Waals surface area contributed by atoms with Crippen molar-refractivity contribution in [2.45, 2.75) is 46.1 Å². The molecule has 0 aromatic rings. The molecule has 2 rings (SSSR count). The molecule has 4 nitrogen and oxygen atoms in total. The Labute approximate surface area is 114 Å². The maximum Gasteiger partial charge on any atom is 0.317 e. The highest BCUT2D eigenvalue weighted by molar-refractivity contribution is 5.91. The molecular formula is C15H22O4. The van der Waals surface area contributed by atoms with Crippen molar-refractivity contribution in [1.82, 2.24) is 0 Å². The zero-order valence-electron chi connectivity index (χ0n) is 11.8. The highest BCUT2D eigenvalue weighted by Crippen LogP contribution is 2.40. The van der Waals surface area contributed by atoms with Crippen LogP contribution in [0.15, 0.2) is 12.2 Å².